The summed E-state index contributed by atoms with van der Waals surface area (Å²) in [6.45, 7) is 2.04. The van der Waals surface area contributed by atoms with E-state index in [-0.39, 0.29) is 0 Å². The van der Waals surface area contributed by atoms with E-state index in [1.165, 1.54) is 12.8 Å². The molecule has 4 aromatic rings. The Kier molecular flexibility index (Phi) is 4.21. The number of imidazole rings is 1. The van der Waals surface area contributed by atoms with E-state index in [4.69, 9.17) is 21.6 Å². The Bertz CT molecular complexity index is 1210. The molecule has 0 saturated carbocycles. The van der Waals surface area contributed by atoms with Crippen molar-refractivity contribution >= 4 is 28.6 Å². The second-order valence-electron chi connectivity index (χ2n) is 7.99. The van der Waals surface area contributed by atoms with Gasteiger partial charge in [-0.3, -0.25) is 9.55 Å². The van der Waals surface area contributed by atoms with Crippen molar-refractivity contribution < 1.29 is 0 Å². The minimum Gasteiger partial charge on any atom is -0.351 e. The summed E-state index contributed by atoms with van der Waals surface area (Å²) in [5.41, 5.74) is 3.66. The molecule has 7 rings (SSSR count). The fourth-order valence-electron chi connectivity index (χ4n) is 4.66. The van der Waals surface area contributed by atoms with E-state index in [0.717, 1.165) is 47.1 Å². The van der Waals surface area contributed by atoms with Gasteiger partial charge in [0.25, 0.3) is 0 Å². The first-order valence-electron chi connectivity index (χ1n) is 10.3. The van der Waals surface area contributed by atoms with Crippen LogP contribution in [0.15, 0.2) is 60.9 Å². The summed E-state index contributed by atoms with van der Waals surface area (Å²) in [5, 5.41) is 4.30. The Balaban J connectivity index is 1.55. The number of hydrogen-bond donors (Lipinski definition) is 1. The zero-order chi connectivity index (χ0) is 20.1. The molecule has 1 N–H and O–H groups in total. The predicted molar refractivity (Wildman–Crippen MR) is 119 cm³/mol. The lowest BCUT2D eigenvalue weighted by atomic mass is 9.93. The molecule has 0 amide bonds. The molecule has 3 saturated heterocycles. The second-order valence-corrected chi connectivity index (χ2v) is 8.42. The molecular weight excluding hydrogens is 396 g/mol. The van der Waals surface area contributed by atoms with Crippen LogP contribution < -0.4 is 10.2 Å². The van der Waals surface area contributed by atoms with Gasteiger partial charge < -0.3 is 10.2 Å². The fraction of sp³-hybridized carbons (Fsp3) is 0.261. The van der Waals surface area contributed by atoms with Gasteiger partial charge in [0.2, 0.25) is 0 Å². The van der Waals surface area contributed by atoms with Gasteiger partial charge in [0.1, 0.15) is 17.2 Å². The average molecular weight is 417 g/mol. The van der Waals surface area contributed by atoms with E-state index in [9.17, 15) is 0 Å². The lowest BCUT2D eigenvalue weighted by Crippen LogP contribution is -2.61. The minimum absolute atomic E-state index is 0.504. The third kappa shape index (κ3) is 2.95. The Hall–Kier alpha value is -2.96. The van der Waals surface area contributed by atoms with Crippen LogP contribution in [-0.4, -0.2) is 44.7 Å². The number of nitrogens with zero attached hydrogens (tertiary/aromatic N) is 5. The number of halogens is 1. The summed E-state index contributed by atoms with van der Waals surface area (Å²) in [7, 11) is 0. The number of fused-ring (bicyclic) bond motifs is 4. The van der Waals surface area contributed by atoms with Gasteiger partial charge in [-0.15, -0.1) is 0 Å². The van der Waals surface area contributed by atoms with Crippen molar-refractivity contribution in [2.45, 2.75) is 24.9 Å². The number of hydrogen-bond acceptors (Lipinski definition) is 5. The van der Waals surface area contributed by atoms with Crippen LogP contribution in [0, 0.1) is 0 Å². The molecular formula is C23H21ClN6. The number of pyridine rings is 2. The number of benzene rings is 1. The van der Waals surface area contributed by atoms with Gasteiger partial charge in [-0.2, -0.15) is 0 Å². The molecule has 3 aliphatic rings. The Morgan fingerprint density at radius 1 is 1.00 bits per heavy atom. The van der Waals surface area contributed by atoms with Crippen LogP contribution in [-0.2, 0) is 0 Å². The van der Waals surface area contributed by atoms with Crippen molar-refractivity contribution in [2.24, 2.45) is 0 Å². The molecule has 0 spiro atoms. The lowest BCUT2D eigenvalue weighted by molar-refractivity contribution is 0.289. The van der Waals surface area contributed by atoms with Crippen LogP contribution in [0.25, 0.3) is 28.2 Å². The molecule has 6 heterocycles. The van der Waals surface area contributed by atoms with Gasteiger partial charge in [0.05, 0.1) is 5.69 Å². The van der Waals surface area contributed by atoms with Gasteiger partial charge in [-0.25, -0.2) is 9.97 Å². The van der Waals surface area contributed by atoms with Crippen LogP contribution in [0.1, 0.15) is 12.8 Å². The van der Waals surface area contributed by atoms with Crippen molar-refractivity contribution in [1.29, 1.82) is 0 Å². The lowest BCUT2D eigenvalue weighted by Gasteiger charge is -2.46. The summed E-state index contributed by atoms with van der Waals surface area (Å²) in [6, 6.07) is 17.0. The predicted octanol–water partition coefficient (Wildman–Crippen LogP) is 4.08. The maximum absolute atomic E-state index is 6.28. The van der Waals surface area contributed by atoms with Crippen LogP contribution in [0.3, 0.4) is 0 Å². The van der Waals surface area contributed by atoms with E-state index in [0.29, 0.717) is 17.1 Å². The van der Waals surface area contributed by atoms with Gasteiger partial charge in [0.15, 0.2) is 5.65 Å². The van der Waals surface area contributed by atoms with Crippen LogP contribution in [0.5, 0.6) is 0 Å². The summed E-state index contributed by atoms with van der Waals surface area (Å²) in [6.07, 6.45) is 6.05. The molecule has 0 aliphatic carbocycles. The quantitative estimate of drug-likeness (QED) is 0.545. The highest BCUT2D eigenvalue weighted by molar-refractivity contribution is 6.30. The third-order valence-corrected chi connectivity index (χ3v) is 6.37. The number of nitrogens with one attached hydrogen (secondary N) is 1. The fourth-order valence-corrected chi connectivity index (χ4v) is 4.85. The van der Waals surface area contributed by atoms with E-state index < -0.39 is 0 Å². The molecule has 7 heteroatoms. The summed E-state index contributed by atoms with van der Waals surface area (Å²) in [4.78, 5) is 16.7. The molecule has 2 bridgehead atoms. The summed E-state index contributed by atoms with van der Waals surface area (Å²) >= 11 is 6.28. The van der Waals surface area contributed by atoms with Gasteiger partial charge in [-0.1, -0.05) is 23.7 Å². The van der Waals surface area contributed by atoms with Crippen molar-refractivity contribution in [3.63, 3.8) is 0 Å². The zero-order valence-electron chi connectivity index (χ0n) is 16.4. The molecule has 0 radical (unpaired) electrons. The zero-order valence-corrected chi connectivity index (χ0v) is 17.1. The molecule has 3 aliphatic heterocycles. The smallest absolute Gasteiger partial charge is 0.167 e. The SMILES string of the molecule is Clc1cccc(-c2nc3ccc(N4C[C@H]5CC[C@@H]4CN5)nc3n2-c2ccncc2)c1. The van der Waals surface area contributed by atoms with Gasteiger partial charge >= 0.3 is 0 Å². The van der Waals surface area contributed by atoms with Crippen LogP contribution in [0.4, 0.5) is 5.82 Å². The largest absolute Gasteiger partial charge is 0.351 e. The molecule has 0 unspecified atom stereocenters. The Labute approximate surface area is 179 Å². The number of piperidine rings is 2. The number of piperazine rings is 1. The van der Waals surface area contributed by atoms with E-state index in [1.54, 1.807) is 12.4 Å². The third-order valence-electron chi connectivity index (χ3n) is 6.14. The normalized spacial score (nSPS) is 20.8. The molecule has 1 aromatic carbocycles. The highest BCUT2D eigenvalue weighted by atomic mass is 35.5. The maximum Gasteiger partial charge on any atom is 0.167 e. The highest BCUT2D eigenvalue weighted by Gasteiger charge is 2.34. The van der Waals surface area contributed by atoms with E-state index >= 15 is 0 Å². The Morgan fingerprint density at radius 3 is 2.63 bits per heavy atom. The first kappa shape index (κ1) is 17.9. The minimum atomic E-state index is 0.504. The number of rotatable bonds is 3. The second kappa shape index (κ2) is 7.07. The van der Waals surface area contributed by atoms with Crippen molar-refractivity contribution in [3.05, 3.63) is 65.9 Å². The monoisotopic (exact) mass is 416 g/mol. The van der Waals surface area contributed by atoms with Crippen LogP contribution >= 0.6 is 11.6 Å². The molecule has 2 atom stereocenters. The number of aromatic nitrogens is 4. The Morgan fingerprint density at radius 2 is 1.90 bits per heavy atom. The molecule has 6 nitrogen and oxygen atoms in total. The van der Waals surface area contributed by atoms with Gasteiger partial charge in [0, 0.05) is 48.2 Å². The highest BCUT2D eigenvalue weighted by Crippen LogP contribution is 2.32. The number of anilines is 1. The van der Waals surface area contributed by atoms with E-state index in [1.807, 2.05) is 36.4 Å². The summed E-state index contributed by atoms with van der Waals surface area (Å²) in [5.74, 6) is 1.84. The summed E-state index contributed by atoms with van der Waals surface area (Å²) < 4.78 is 2.10. The van der Waals surface area contributed by atoms with Gasteiger partial charge in [-0.05, 0) is 49.2 Å². The molecule has 3 aromatic heterocycles. The topological polar surface area (TPSA) is 58.9 Å². The standard InChI is InChI=1S/C23H21ClN6/c24-16-3-1-2-15(12-16)22-27-20-6-7-21(29-14-17-4-5-19(29)13-26-17)28-23(20)30(22)18-8-10-25-11-9-18/h1-3,6-12,17,19,26H,4-5,13-14H2/t17-,19-/m1/s1. The van der Waals surface area contributed by atoms with Crippen molar-refractivity contribution in [3.8, 4) is 17.1 Å². The molecule has 30 heavy (non-hydrogen) atoms. The van der Waals surface area contributed by atoms with E-state index in [2.05, 4.69) is 31.9 Å². The average Bonchev–Trinajstić information content (AvgIpc) is 3.19. The first-order valence-corrected chi connectivity index (χ1v) is 10.7. The molecule has 150 valence electrons. The van der Waals surface area contributed by atoms with Crippen molar-refractivity contribution in [1.82, 2.24) is 24.8 Å². The van der Waals surface area contributed by atoms with Crippen molar-refractivity contribution in [2.75, 3.05) is 18.0 Å². The first-order chi connectivity index (χ1) is 14.8. The molecule has 3 fully saturated rings. The maximum atomic E-state index is 6.28. The van der Waals surface area contributed by atoms with Crippen LogP contribution in [0.2, 0.25) is 5.02 Å².